The van der Waals surface area contributed by atoms with E-state index < -0.39 is 0 Å². The molecule has 4 heteroatoms. The Morgan fingerprint density at radius 2 is 1.73 bits per heavy atom. The van der Waals surface area contributed by atoms with Gasteiger partial charge in [-0.2, -0.15) is 0 Å². The Kier molecular flexibility index (Phi) is 6.45. The highest BCUT2D eigenvalue weighted by molar-refractivity contribution is 9.10. The SMILES string of the molecule is Brc1ccc(C2CN3CCCC3c3cc(OCCCN4CCCCC4)ccc32)cc1. The number of nitrogens with zero attached hydrogens (tertiary/aromatic N) is 2. The molecule has 0 amide bonds. The lowest BCUT2D eigenvalue weighted by molar-refractivity contribution is 0.204. The molecule has 3 aliphatic rings. The Balaban J connectivity index is 1.29. The summed E-state index contributed by atoms with van der Waals surface area (Å²) in [7, 11) is 0. The number of piperidine rings is 1. The van der Waals surface area contributed by atoms with E-state index in [1.54, 1.807) is 0 Å². The van der Waals surface area contributed by atoms with Crippen LogP contribution in [0.5, 0.6) is 5.75 Å². The highest BCUT2D eigenvalue weighted by atomic mass is 79.9. The molecule has 30 heavy (non-hydrogen) atoms. The van der Waals surface area contributed by atoms with E-state index in [1.807, 2.05) is 0 Å². The summed E-state index contributed by atoms with van der Waals surface area (Å²) in [6, 6.07) is 16.4. The van der Waals surface area contributed by atoms with E-state index in [-0.39, 0.29) is 0 Å². The maximum absolute atomic E-state index is 6.22. The smallest absolute Gasteiger partial charge is 0.119 e. The Labute approximate surface area is 189 Å². The van der Waals surface area contributed by atoms with Crippen LogP contribution in [0.2, 0.25) is 0 Å². The van der Waals surface area contributed by atoms with Crippen molar-refractivity contribution in [1.29, 1.82) is 0 Å². The number of hydrogen-bond donors (Lipinski definition) is 0. The molecular formula is C26H33BrN2O. The van der Waals surface area contributed by atoms with Crippen LogP contribution in [0.15, 0.2) is 46.9 Å². The molecule has 0 spiro atoms. The van der Waals surface area contributed by atoms with Gasteiger partial charge in [-0.05, 0) is 92.7 Å². The van der Waals surface area contributed by atoms with Crippen LogP contribution < -0.4 is 4.74 Å². The van der Waals surface area contributed by atoms with Crippen LogP contribution in [0.3, 0.4) is 0 Å². The van der Waals surface area contributed by atoms with Gasteiger partial charge in [0.2, 0.25) is 0 Å². The molecule has 2 fully saturated rings. The Morgan fingerprint density at radius 3 is 2.57 bits per heavy atom. The molecule has 3 heterocycles. The fourth-order valence-electron chi connectivity index (χ4n) is 5.62. The normalized spacial score (nSPS) is 24.4. The van der Waals surface area contributed by atoms with Gasteiger partial charge in [-0.15, -0.1) is 0 Å². The molecule has 2 aromatic carbocycles. The van der Waals surface area contributed by atoms with Crippen LogP contribution in [-0.2, 0) is 0 Å². The maximum atomic E-state index is 6.22. The van der Waals surface area contributed by atoms with Crippen molar-refractivity contribution < 1.29 is 4.74 Å². The lowest BCUT2D eigenvalue weighted by Crippen LogP contribution is -2.34. The highest BCUT2D eigenvalue weighted by Gasteiger charge is 2.36. The third-order valence-electron chi connectivity index (χ3n) is 7.18. The van der Waals surface area contributed by atoms with Crippen LogP contribution in [0.25, 0.3) is 0 Å². The number of hydrogen-bond acceptors (Lipinski definition) is 3. The van der Waals surface area contributed by atoms with Crippen LogP contribution in [0, 0.1) is 0 Å². The number of fused-ring (bicyclic) bond motifs is 3. The lowest BCUT2D eigenvalue weighted by Gasteiger charge is -2.37. The topological polar surface area (TPSA) is 15.7 Å². The molecule has 0 bridgehead atoms. The number of ether oxygens (including phenoxy) is 1. The average Bonchev–Trinajstić information content (AvgIpc) is 3.26. The molecule has 0 aliphatic carbocycles. The number of benzene rings is 2. The molecule has 0 saturated carbocycles. The van der Waals surface area contributed by atoms with Crippen molar-refractivity contribution in [2.75, 3.05) is 39.3 Å². The molecule has 0 radical (unpaired) electrons. The largest absolute Gasteiger partial charge is 0.494 e. The van der Waals surface area contributed by atoms with Crippen molar-refractivity contribution in [2.24, 2.45) is 0 Å². The molecule has 2 aromatic rings. The third kappa shape index (κ3) is 4.46. The van der Waals surface area contributed by atoms with Gasteiger partial charge >= 0.3 is 0 Å². The van der Waals surface area contributed by atoms with E-state index in [0.29, 0.717) is 12.0 Å². The first-order chi connectivity index (χ1) is 14.8. The summed E-state index contributed by atoms with van der Waals surface area (Å²) in [6.07, 6.45) is 7.83. The summed E-state index contributed by atoms with van der Waals surface area (Å²) in [5.41, 5.74) is 4.42. The molecule has 2 saturated heterocycles. The zero-order valence-electron chi connectivity index (χ0n) is 17.9. The summed E-state index contributed by atoms with van der Waals surface area (Å²) >= 11 is 3.58. The van der Waals surface area contributed by atoms with Gasteiger partial charge in [0.1, 0.15) is 5.75 Å². The predicted octanol–water partition coefficient (Wildman–Crippen LogP) is 5.99. The van der Waals surface area contributed by atoms with Crippen LogP contribution in [0.4, 0.5) is 0 Å². The molecular weight excluding hydrogens is 436 g/mol. The minimum Gasteiger partial charge on any atom is -0.494 e. The molecule has 5 rings (SSSR count). The van der Waals surface area contributed by atoms with Gasteiger partial charge in [-0.3, -0.25) is 4.90 Å². The Morgan fingerprint density at radius 1 is 0.900 bits per heavy atom. The molecule has 3 aliphatic heterocycles. The highest BCUT2D eigenvalue weighted by Crippen LogP contribution is 2.45. The van der Waals surface area contributed by atoms with Crippen molar-refractivity contribution in [3.8, 4) is 5.75 Å². The zero-order valence-corrected chi connectivity index (χ0v) is 19.4. The monoisotopic (exact) mass is 468 g/mol. The zero-order chi connectivity index (χ0) is 20.3. The lowest BCUT2D eigenvalue weighted by atomic mass is 9.81. The second-order valence-corrected chi connectivity index (χ2v) is 10.1. The third-order valence-corrected chi connectivity index (χ3v) is 7.71. The second-order valence-electron chi connectivity index (χ2n) is 9.15. The van der Waals surface area contributed by atoms with E-state index in [0.717, 1.165) is 29.8 Å². The molecule has 0 aromatic heterocycles. The molecule has 2 atom stereocenters. The van der Waals surface area contributed by atoms with Gasteiger partial charge in [-0.25, -0.2) is 0 Å². The van der Waals surface area contributed by atoms with E-state index in [4.69, 9.17) is 4.74 Å². The van der Waals surface area contributed by atoms with E-state index in [2.05, 4.69) is 68.2 Å². The summed E-state index contributed by atoms with van der Waals surface area (Å²) in [6.45, 7) is 6.89. The summed E-state index contributed by atoms with van der Waals surface area (Å²) in [4.78, 5) is 5.29. The quantitative estimate of drug-likeness (QED) is 0.484. The first-order valence-electron chi connectivity index (χ1n) is 11.8. The summed E-state index contributed by atoms with van der Waals surface area (Å²) in [5, 5.41) is 0. The van der Waals surface area contributed by atoms with Gasteiger partial charge in [0, 0.05) is 29.5 Å². The first kappa shape index (κ1) is 20.5. The van der Waals surface area contributed by atoms with E-state index in [1.165, 1.54) is 75.0 Å². The van der Waals surface area contributed by atoms with Gasteiger partial charge in [0.25, 0.3) is 0 Å². The number of likely N-dealkylation sites (tertiary alicyclic amines) is 1. The second kappa shape index (κ2) is 9.42. The van der Waals surface area contributed by atoms with Crippen molar-refractivity contribution in [3.05, 3.63) is 63.6 Å². The molecule has 2 unspecified atom stereocenters. The molecule has 0 N–H and O–H groups in total. The number of rotatable bonds is 6. The minimum atomic E-state index is 0.454. The van der Waals surface area contributed by atoms with Gasteiger partial charge in [-0.1, -0.05) is 40.5 Å². The maximum Gasteiger partial charge on any atom is 0.119 e. The van der Waals surface area contributed by atoms with E-state index in [9.17, 15) is 0 Å². The van der Waals surface area contributed by atoms with Crippen LogP contribution in [0.1, 0.15) is 67.2 Å². The van der Waals surface area contributed by atoms with Crippen molar-refractivity contribution in [2.45, 2.75) is 50.5 Å². The Bertz CT molecular complexity index is 847. The predicted molar refractivity (Wildman–Crippen MR) is 126 cm³/mol. The average molecular weight is 469 g/mol. The number of halogens is 1. The minimum absolute atomic E-state index is 0.454. The van der Waals surface area contributed by atoms with Gasteiger partial charge < -0.3 is 9.64 Å². The van der Waals surface area contributed by atoms with Gasteiger partial charge in [0.15, 0.2) is 0 Å². The van der Waals surface area contributed by atoms with Crippen LogP contribution in [-0.4, -0.2) is 49.1 Å². The summed E-state index contributed by atoms with van der Waals surface area (Å²) in [5.74, 6) is 1.51. The van der Waals surface area contributed by atoms with Gasteiger partial charge in [0.05, 0.1) is 6.61 Å². The summed E-state index contributed by atoms with van der Waals surface area (Å²) < 4.78 is 7.36. The van der Waals surface area contributed by atoms with Crippen LogP contribution >= 0.6 is 15.9 Å². The van der Waals surface area contributed by atoms with Crippen molar-refractivity contribution in [1.82, 2.24) is 9.80 Å². The first-order valence-corrected chi connectivity index (χ1v) is 12.6. The fourth-order valence-corrected chi connectivity index (χ4v) is 5.88. The molecule has 3 nitrogen and oxygen atoms in total. The standard InChI is InChI=1S/C26H33BrN2O/c27-21-9-7-20(8-10-21)25-19-29-16-4-6-26(29)24-18-22(11-12-23(24)25)30-17-5-15-28-13-2-1-3-14-28/h7-12,18,25-26H,1-6,13-17,19H2. The van der Waals surface area contributed by atoms with Crippen molar-refractivity contribution >= 4 is 15.9 Å². The molecule has 160 valence electrons. The van der Waals surface area contributed by atoms with Crippen molar-refractivity contribution in [3.63, 3.8) is 0 Å². The van der Waals surface area contributed by atoms with E-state index >= 15 is 0 Å². The fraction of sp³-hybridized carbons (Fsp3) is 0.538. The Hall–Kier alpha value is -1.36.